The maximum absolute atomic E-state index is 4.07. The third-order valence-electron chi connectivity index (χ3n) is 0.777. The largest absolute Gasteiger partial charge is 0.179 e. The summed E-state index contributed by atoms with van der Waals surface area (Å²) in [5, 5.41) is 0. The number of hydrogen-bond acceptors (Lipinski definition) is 1. The van der Waals surface area contributed by atoms with Crippen LogP contribution in [0.3, 0.4) is 0 Å². The first-order valence-electron chi connectivity index (χ1n) is 2.61. The van der Waals surface area contributed by atoms with Crippen molar-refractivity contribution in [3.8, 4) is 9.85 Å². The summed E-state index contributed by atoms with van der Waals surface area (Å²) < 4.78 is 2.82. The second-order valence-corrected chi connectivity index (χ2v) is 2.44. The molecule has 0 saturated heterocycles. The minimum Gasteiger partial charge on any atom is -0.179 e. The van der Waals surface area contributed by atoms with Crippen molar-refractivity contribution in [3.63, 3.8) is 0 Å². The molecule has 0 aromatic heterocycles. The van der Waals surface area contributed by atoms with Gasteiger partial charge in [0.05, 0.1) is 0 Å². The third kappa shape index (κ3) is 6.64. The van der Waals surface area contributed by atoms with Crippen molar-refractivity contribution < 1.29 is 0 Å². The van der Waals surface area contributed by atoms with Crippen LogP contribution in [0.25, 0.3) is 0 Å². The Morgan fingerprint density at radius 2 is 2.12 bits per heavy atom. The van der Waals surface area contributed by atoms with Gasteiger partial charge in [-0.15, -0.1) is 0 Å². The lowest BCUT2D eigenvalue weighted by Crippen LogP contribution is -1.73. The minimum atomic E-state index is 0.989. The second kappa shape index (κ2) is 7.64. The van der Waals surface area contributed by atoms with Crippen molar-refractivity contribution in [2.75, 3.05) is 5.75 Å². The molecule has 0 N–H and O–H groups in total. The molecule has 0 aromatic rings. The standard InChI is InChI=1S/C6H9IS/c7-5-3-1-2-4-6-8/h8H,1-2,4,6H2. The van der Waals surface area contributed by atoms with Crippen molar-refractivity contribution >= 4 is 35.2 Å². The summed E-state index contributed by atoms with van der Waals surface area (Å²) in [5.41, 5.74) is 0. The van der Waals surface area contributed by atoms with Crippen LogP contribution in [0.4, 0.5) is 0 Å². The van der Waals surface area contributed by atoms with Crippen molar-refractivity contribution in [2.45, 2.75) is 19.3 Å². The topological polar surface area (TPSA) is 0 Å². The molecular weight excluding hydrogens is 231 g/mol. The third-order valence-corrected chi connectivity index (χ3v) is 1.47. The molecule has 0 nitrogen and oxygen atoms in total. The molecular formula is C6H9IS. The lowest BCUT2D eigenvalue weighted by atomic mass is 10.3. The molecule has 0 bridgehead atoms. The molecule has 2 heteroatoms. The van der Waals surface area contributed by atoms with Gasteiger partial charge in [-0.2, -0.15) is 12.6 Å². The Morgan fingerprint density at radius 1 is 1.38 bits per heavy atom. The molecule has 0 heterocycles. The van der Waals surface area contributed by atoms with Crippen molar-refractivity contribution in [2.24, 2.45) is 0 Å². The summed E-state index contributed by atoms with van der Waals surface area (Å²) in [6.07, 6.45) is 3.41. The van der Waals surface area contributed by atoms with Crippen LogP contribution in [0.1, 0.15) is 19.3 Å². The van der Waals surface area contributed by atoms with E-state index in [0.717, 1.165) is 12.2 Å². The number of halogens is 1. The van der Waals surface area contributed by atoms with Gasteiger partial charge in [0.1, 0.15) is 0 Å². The van der Waals surface area contributed by atoms with E-state index >= 15 is 0 Å². The van der Waals surface area contributed by atoms with Crippen LogP contribution in [-0.2, 0) is 0 Å². The molecule has 0 aliphatic rings. The Morgan fingerprint density at radius 3 is 2.62 bits per heavy atom. The molecule has 0 atom stereocenters. The van der Waals surface area contributed by atoms with Gasteiger partial charge in [-0.1, -0.05) is 5.92 Å². The SMILES string of the molecule is SCCCCC#CI. The molecule has 0 radical (unpaired) electrons. The van der Waals surface area contributed by atoms with Gasteiger partial charge in [0, 0.05) is 29.0 Å². The van der Waals surface area contributed by atoms with E-state index in [1.165, 1.54) is 12.8 Å². The van der Waals surface area contributed by atoms with Gasteiger partial charge >= 0.3 is 0 Å². The first-order valence-corrected chi connectivity index (χ1v) is 4.32. The molecule has 0 saturated carbocycles. The zero-order valence-corrected chi connectivity index (χ0v) is 7.71. The van der Waals surface area contributed by atoms with Gasteiger partial charge in [0.2, 0.25) is 0 Å². The highest BCUT2D eigenvalue weighted by atomic mass is 127. The van der Waals surface area contributed by atoms with Crippen molar-refractivity contribution in [1.82, 2.24) is 0 Å². The van der Waals surface area contributed by atoms with Gasteiger partial charge in [-0.25, -0.2) is 0 Å². The summed E-state index contributed by atoms with van der Waals surface area (Å²) in [5.74, 6) is 3.97. The molecule has 0 aliphatic carbocycles. The zero-order chi connectivity index (χ0) is 6.24. The van der Waals surface area contributed by atoms with E-state index in [0.29, 0.717) is 0 Å². The van der Waals surface area contributed by atoms with Crippen molar-refractivity contribution in [3.05, 3.63) is 0 Å². The van der Waals surface area contributed by atoms with Crippen LogP contribution in [-0.4, -0.2) is 5.75 Å². The Bertz CT molecular complexity index is 90.4. The molecule has 0 unspecified atom stereocenters. The highest BCUT2D eigenvalue weighted by Crippen LogP contribution is 1.94. The molecule has 8 heavy (non-hydrogen) atoms. The number of unbranched alkanes of at least 4 members (excludes halogenated alkanes) is 2. The predicted molar refractivity (Wildman–Crippen MR) is 49.5 cm³/mol. The average molecular weight is 240 g/mol. The minimum absolute atomic E-state index is 0.989. The summed E-state index contributed by atoms with van der Waals surface area (Å²) >= 11 is 6.13. The fourth-order valence-electron chi connectivity index (χ4n) is 0.372. The van der Waals surface area contributed by atoms with Crippen LogP contribution in [0, 0.1) is 9.85 Å². The van der Waals surface area contributed by atoms with Gasteiger partial charge in [0.25, 0.3) is 0 Å². The van der Waals surface area contributed by atoms with E-state index in [-0.39, 0.29) is 0 Å². The summed E-state index contributed by atoms with van der Waals surface area (Å²) in [6.45, 7) is 0. The van der Waals surface area contributed by atoms with Gasteiger partial charge in [-0.05, 0) is 22.5 Å². The fraction of sp³-hybridized carbons (Fsp3) is 0.667. The second-order valence-electron chi connectivity index (χ2n) is 1.45. The highest BCUT2D eigenvalue weighted by molar-refractivity contribution is 14.1. The number of rotatable bonds is 3. The average Bonchev–Trinajstić information content (AvgIpc) is 1.81. The molecule has 0 aliphatic heterocycles. The van der Waals surface area contributed by atoms with Crippen LogP contribution < -0.4 is 0 Å². The van der Waals surface area contributed by atoms with Gasteiger partial charge in [-0.3, -0.25) is 0 Å². The Kier molecular flexibility index (Phi) is 8.25. The fourth-order valence-corrected chi connectivity index (χ4v) is 0.866. The molecule has 0 fully saturated rings. The first-order chi connectivity index (χ1) is 3.91. The molecule has 46 valence electrons. The number of hydrogen-bond donors (Lipinski definition) is 1. The smallest absolute Gasteiger partial charge is 0.0181 e. The van der Waals surface area contributed by atoms with E-state index in [9.17, 15) is 0 Å². The molecule has 0 aromatic carbocycles. The van der Waals surface area contributed by atoms with E-state index in [2.05, 4.69) is 45.1 Å². The lowest BCUT2D eigenvalue weighted by molar-refractivity contribution is 0.839. The Labute approximate surface area is 70.0 Å². The maximum Gasteiger partial charge on any atom is 0.0181 e. The van der Waals surface area contributed by atoms with Crippen LogP contribution in [0.2, 0.25) is 0 Å². The Hall–Kier alpha value is 0.640. The lowest BCUT2D eigenvalue weighted by Gasteiger charge is -1.86. The van der Waals surface area contributed by atoms with E-state index in [4.69, 9.17) is 0 Å². The van der Waals surface area contributed by atoms with Gasteiger partial charge < -0.3 is 0 Å². The van der Waals surface area contributed by atoms with E-state index < -0.39 is 0 Å². The maximum atomic E-state index is 4.07. The molecule has 0 amide bonds. The van der Waals surface area contributed by atoms with Crippen LogP contribution in [0.5, 0.6) is 0 Å². The van der Waals surface area contributed by atoms with Crippen LogP contribution in [0.15, 0.2) is 0 Å². The summed E-state index contributed by atoms with van der Waals surface area (Å²) in [6, 6.07) is 0. The normalized spacial score (nSPS) is 7.75. The quantitative estimate of drug-likeness (QED) is 0.333. The molecule has 0 spiro atoms. The van der Waals surface area contributed by atoms with E-state index in [1.807, 2.05) is 0 Å². The molecule has 0 rings (SSSR count). The van der Waals surface area contributed by atoms with E-state index in [1.54, 1.807) is 0 Å². The predicted octanol–water partition coefficient (Wildman–Crippen LogP) is 2.48. The summed E-state index contributed by atoms with van der Waals surface area (Å²) in [4.78, 5) is 0. The van der Waals surface area contributed by atoms with Crippen molar-refractivity contribution in [1.29, 1.82) is 0 Å². The number of thiol groups is 1. The zero-order valence-electron chi connectivity index (χ0n) is 4.65. The Balaban J connectivity index is 2.79. The monoisotopic (exact) mass is 240 g/mol. The van der Waals surface area contributed by atoms with Crippen LogP contribution >= 0.6 is 35.2 Å². The first kappa shape index (κ1) is 8.64. The summed E-state index contributed by atoms with van der Waals surface area (Å²) in [7, 11) is 0. The highest BCUT2D eigenvalue weighted by Gasteiger charge is 1.79. The van der Waals surface area contributed by atoms with Gasteiger partial charge in [0.15, 0.2) is 0 Å².